The maximum atomic E-state index is 13.2. The van der Waals surface area contributed by atoms with Crippen molar-refractivity contribution in [2.75, 3.05) is 32.8 Å². The molecule has 5 atom stereocenters. The highest BCUT2D eigenvalue weighted by atomic mass is 16.5. The normalized spacial score (nSPS) is 33.5. The van der Waals surface area contributed by atoms with Gasteiger partial charge in [0.2, 0.25) is 11.8 Å². The van der Waals surface area contributed by atoms with Gasteiger partial charge in [-0.25, -0.2) is 9.78 Å². The van der Waals surface area contributed by atoms with Crippen LogP contribution in [0.5, 0.6) is 5.88 Å². The number of piperidine rings is 2. The molecule has 172 valence electrons. The van der Waals surface area contributed by atoms with Gasteiger partial charge in [-0.2, -0.15) is 0 Å². The van der Waals surface area contributed by atoms with Crippen LogP contribution in [0.25, 0.3) is 0 Å². The number of fused-ring (bicyclic) bond motifs is 4. The predicted octanol–water partition coefficient (Wildman–Crippen LogP) is 1.76. The fourth-order valence-corrected chi connectivity index (χ4v) is 6.42. The van der Waals surface area contributed by atoms with Crippen LogP contribution in [0.4, 0.5) is 4.79 Å². The maximum absolute atomic E-state index is 13.2. The van der Waals surface area contributed by atoms with E-state index in [9.17, 15) is 9.59 Å². The molecule has 3 saturated heterocycles. The second-order valence-electron chi connectivity index (χ2n) is 10.1. The number of nitrogens with one attached hydrogen (secondary N) is 1. The molecule has 4 heterocycles. The quantitative estimate of drug-likeness (QED) is 0.774. The minimum Gasteiger partial charge on any atom is -0.477 e. The maximum Gasteiger partial charge on any atom is 0.320 e. The van der Waals surface area contributed by atoms with Crippen LogP contribution < -0.4 is 10.1 Å². The number of carbonyl (C=O) groups is 2. The van der Waals surface area contributed by atoms with Crippen molar-refractivity contribution in [2.24, 2.45) is 11.8 Å². The van der Waals surface area contributed by atoms with E-state index >= 15 is 0 Å². The fraction of sp³-hybridized carbons (Fsp3) is 0.708. The van der Waals surface area contributed by atoms with Crippen LogP contribution in [0, 0.1) is 11.8 Å². The summed E-state index contributed by atoms with van der Waals surface area (Å²) in [5.74, 6) is 1.65. The number of hydrogen-bond donors (Lipinski definition) is 1. The number of morpholine rings is 1. The van der Waals surface area contributed by atoms with Gasteiger partial charge in [0.05, 0.1) is 18.8 Å². The number of aromatic nitrogens is 1. The Morgan fingerprint density at radius 3 is 2.94 bits per heavy atom. The van der Waals surface area contributed by atoms with Crippen molar-refractivity contribution >= 4 is 11.9 Å². The van der Waals surface area contributed by atoms with Gasteiger partial charge in [-0.3, -0.25) is 4.79 Å². The lowest BCUT2D eigenvalue weighted by Gasteiger charge is -2.43. The third-order valence-corrected chi connectivity index (χ3v) is 8.17. The minimum atomic E-state index is -0.0861. The van der Waals surface area contributed by atoms with Gasteiger partial charge in [-0.05, 0) is 67.9 Å². The summed E-state index contributed by atoms with van der Waals surface area (Å²) in [7, 11) is 0. The zero-order valence-electron chi connectivity index (χ0n) is 18.5. The summed E-state index contributed by atoms with van der Waals surface area (Å²) in [6.07, 6.45) is 9.66. The first-order chi connectivity index (χ1) is 15.6. The molecular formula is C24H32N4O4. The Bertz CT molecular complexity index is 908. The Hall–Kier alpha value is -2.35. The molecule has 0 aromatic carbocycles. The molecule has 3 amide bonds. The van der Waals surface area contributed by atoms with Gasteiger partial charge in [0, 0.05) is 37.9 Å². The van der Waals surface area contributed by atoms with Crippen molar-refractivity contribution in [2.45, 2.75) is 63.1 Å². The first-order valence-electron chi connectivity index (χ1n) is 12.2. The number of rotatable bonds is 3. The largest absolute Gasteiger partial charge is 0.477 e. The lowest BCUT2D eigenvalue weighted by Crippen LogP contribution is -2.62. The molecule has 0 unspecified atom stereocenters. The number of urea groups is 1. The molecule has 4 fully saturated rings. The highest BCUT2D eigenvalue weighted by Gasteiger charge is 2.48. The van der Waals surface area contributed by atoms with E-state index in [-0.39, 0.29) is 30.7 Å². The Morgan fingerprint density at radius 2 is 2.09 bits per heavy atom. The van der Waals surface area contributed by atoms with Crippen molar-refractivity contribution < 1.29 is 19.1 Å². The van der Waals surface area contributed by atoms with E-state index in [1.165, 1.54) is 24.0 Å². The number of amides is 3. The molecule has 8 heteroatoms. The van der Waals surface area contributed by atoms with E-state index in [4.69, 9.17) is 9.47 Å². The Morgan fingerprint density at radius 1 is 1.22 bits per heavy atom. The number of pyridine rings is 1. The number of carbonyl (C=O) groups excluding carboxylic acids is 2. The molecule has 1 saturated carbocycles. The molecule has 1 aromatic rings. The topological polar surface area (TPSA) is 84.0 Å². The molecule has 2 bridgehead atoms. The van der Waals surface area contributed by atoms with E-state index in [1.54, 1.807) is 0 Å². The van der Waals surface area contributed by atoms with Gasteiger partial charge in [0.1, 0.15) is 6.61 Å². The van der Waals surface area contributed by atoms with Crippen LogP contribution in [0.1, 0.15) is 43.2 Å². The molecule has 32 heavy (non-hydrogen) atoms. The lowest BCUT2D eigenvalue weighted by atomic mass is 9.93. The summed E-state index contributed by atoms with van der Waals surface area (Å²) in [5.41, 5.74) is 2.77. The molecule has 0 radical (unpaired) electrons. The van der Waals surface area contributed by atoms with Gasteiger partial charge in [-0.15, -0.1) is 0 Å². The second-order valence-corrected chi connectivity index (χ2v) is 10.1. The number of likely N-dealkylation sites (tertiary alicyclic amines) is 2. The second kappa shape index (κ2) is 8.21. The predicted molar refractivity (Wildman–Crippen MR) is 116 cm³/mol. The SMILES string of the molecule is O=C1CO[C@H]2CCN(C(=O)N3C[C@H]4C[C@@H]3C[C@@H]4COc3cc4c(cn3)CCCC4)C[C@H]2N1. The van der Waals surface area contributed by atoms with Crippen LogP contribution in [-0.4, -0.2) is 77.8 Å². The Kier molecular flexibility index (Phi) is 5.20. The summed E-state index contributed by atoms with van der Waals surface area (Å²) in [6.45, 7) is 2.86. The van der Waals surface area contributed by atoms with Crippen LogP contribution in [0.15, 0.2) is 12.3 Å². The molecule has 2 aliphatic carbocycles. The Balaban J connectivity index is 1.02. The fourth-order valence-electron chi connectivity index (χ4n) is 6.42. The summed E-state index contributed by atoms with van der Waals surface area (Å²) in [4.78, 5) is 33.4. The van der Waals surface area contributed by atoms with Crippen molar-refractivity contribution in [3.63, 3.8) is 0 Å². The van der Waals surface area contributed by atoms with E-state index < -0.39 is 0 Å². The van der Waals surface area contributed by atoms with Crippen LogP contribution in [-0.2, 0) is 22.4 Å². The van der Waals surface area contributed by atoms with Crippen molar-refractivity contribution in [3.8, 4) is 5.88 Å². The standard InChI is InChI=1S/C24H32N4O4/c29-22-14-31-21-5-6-27(12-20(21)26-22)24(30)28-11-17-7-19(28)8-18(17)13-32-23-9-15-3-1-2-4-16(15)10-25-23/h9-10,17-21H,1-8,11-14H2,(H,26,29)/t17-,18-,19-,20-,21+/m1/s1. The van der Waals surface area contributed by atoms with Gasteiger partial charge >= 0.3 is 6.03 Å². The van der Waals surface area contributed by atoms with Crippen LogP contribution in [0.3, 0.4) is 0 Å². The first-order valence-corrected chi connectivity index (χ1v) is 12.2. The van der Waals surface area contributed by atoms with E-state index in [1.807, 2.05) is 11.1 Å². The molecule has 1 aromatic heterocycles. The van der Waals surface area contributed by atoms with Crippen LogP contribution in [0.2, 0.25) is 0 Å². The third kappa shape index (κ3) is 3.72. The van der Waals surface area contributed by atoms with Crippen molar-refractivity contribution in [3.05, 3.63) is 23.4 Å². The number of ether oxygens (including phenoxy) is 2. The van der Waals surface area contributed by atoms with Gasteiger partial charge in [0.15, 0.2) is 0 Å². The average Bonchev–Trinajstić information content (AvgIpc) is 3.42. The first kappa shape index (κ1) is 20.3. The highest BCUT2D eigenvalue weighted by Crippen LogP contribution is 2.43. The minimum absolute atomic E-state index is 0.0329. The monoisotopic (exact) mass is 440 g/mol. The summed E-state index contributed by atoms with van der Waals surface area (Å²) >= 11 is 0. The van der Waals surface area contributed by atoms with E-state index in [0.717, 1.165) is 44.5 Å². The van der Waals surface area contributed by atoms with E-state index in [0.29, 0.717) is 37.6 Å². The van der Waals surface area contributed by atoms with Crippen LogP contribution >= 0.6 is 0 Å². The number of aryl methyl sites for hydroxylation is 2. The third-order valence-electron chi connectivity index (χ3n) is 8.17. The smallest absolute Gasteiger partial charge is 0.320 e. The van der Waals surface area contributed by atoms with Crippen molar-refractivity contribution in [1.29, 1.82) is 0 Å². The Labute approximate surface area is 188 Å². The zero-order valence-corrected chi connectivity index (χ0v) is 18.5. The molecule has 0 spiro atoms. The number of hydrogen-bond acceptors (Lipinski definition) is 5. The molecule has 6 rings (SSSR count). The average molecular weight is 441 g/mol. The summed E-state index contributed by atoms with van der Waals surface area (Å²) in [6, 6.07) is 2.47. The molecular weight excluding hydrogens is 408 g/mol. The molecule has 5 aliphatic rings. The van der Waals surface area contributed by atoms with Gasteiger partial charge in [-0.1, -0.05) is 0 Å². The molecule has 1 N–H and O–H groups in total. The molecule has 8 nitrogen and oxygen atoms in total. The highest BCUT2D eigenvalue weighted by molar-refractivity contribution is 5.79. The summed E-state index contributed by atoms with van der Waals surface area (Å²) in [5, 5.41) is 2.99. The van der Waals surface area contributed by atoms with E-state index in [2.05, 4.69) is 21.3 Å². The molecule has 3 aliphatic heterocycles. The van der Waals surface area contributed by atoms with Gasteiger partial charge < -0.3 is 24.6 Å². The summed E-state index contributed by atoms with van der Waals surface area (Å²) < 4.78 is 11.7. The van der Waals surface area contributed by atoms with Gasteiger partial charge in [0.25, 0.3) is 0 Å². The number of nitrogens with zero attached hydrogens (tertiary/aromatic N) is 3. The lowest BCUT2D eigenvalue weighted by molar-refractivity contribution is -0.139. The van der Waals surface area contributed by atoms with Crippen molar-refractivity contribution in [1.82, 2.24) is 20.1 Å². The zero-order chi connectivity index (χ0) is 21.7.